The van der Waals surface area contributed by atoms with Crippen LogP contribution in [0.15, 0.2) is 36.0 Å². The summed E-state index contributed by atoms with van der Waals surface area (Å²) in [6.45, 7) is 5.91. The van der Waals surface area contributed by atoms with Crippen LogP contribution in [0, 0.1) is 5.92 Å². The molecule has 0 saturated carbocycles. The van der Waals surface area contributed by atoms with Gasteiger partial charge in [-0.05, 0) is 25.0 Å². The van der Waals surface area contributed by atoms with Gasteiger partial charge in [0.25, 0.3) is 11.8 Å². The molecule has 2 amide bonds. The van der Waals surface area contributed by atoms with Crippen LogP contribution < -0.4 is 5.43 Å². The lowest BCUT2D eigenvalue weighted by Gasteiger charge is -2.17. The molecule has 1 aromatic carbocycles. The monoisotopic (exact) mass is 244 g/mol. The van der Waals surface area contributed by atoms with Crippen molar-refractivity contribution in [2.75, 3.05) is 0 Å². The van der Waals surface area contributed by atoms with Crippen LogP contribution in [0.1, 0.15) is 41.5 Å². The van der Waals surface area contributed by atoms with Gasteiger partial charge in [0.05, 0.1) is 11.1 Å². The predicted molar refractivity (Wildman–Crippen MR) is 68.7 cm³/mol. The fourth-order valence-electron chi connectivity index (χ4n) is 2.00. The van der Waals surface area contributed by atoms with Gasteiger partial charge in [-0.1, -0.05) is 32.1 Å². The molecule has 1 aliphatic heterocycles. The molecule has 1 heterocycles. The maximum atomic E-state index is 12.0. The Morgan fingerprint density at radius 3 is 2.11 bits per heavy atom. The average molecular weight is 244 g/mol. The molecule has 2 rings (SSSR count). The molecule has 0 atom stereocenters. The van der Waals surface area contributed by atoms with Gasteiger partial charge >= 0.3 is 0 Å². The third kappa shape index (κ3) is 2.14. The zero-order valence-corrected chi connectivity index (χ0v) is 10.7. The number of nitrogens with one attached hydrogen (secondary N) is 1. The molecule has 0 spiro atoms. The van der Waals surface area contributed by atoms with Gasteiger partial charge in [0.1, 0.15) is 0 Å². The van der Waals surface area contributed by atoms with E-state index in [4.69, 9.17) is 0 Å². The molecule has 0 bridgehead atoms. The molecule has 4 nitrogen and oxygen atoms in total. The van der Waals surface area contributed by atoms with Crippen molar-refractivity contribution >= 4 is 11.8 Å². The summed E-state index contributed by atoms with van der Waals surface area (Å²) in [5.41, 5.74) is 4.55. The van der Waals surface area contributed by atoms with Crippen molar-refractivity contribution in [1.82, 2.24) is 10.4 Å². The Morgan fingerprint density at radius 1 is 1.17 bits per heavy atom. The smallest absolute Gasteiger partial charge is 0.280 e. The predicted octanol–water partition coefficient (Wildman–Crippen LogP) is 2.35. The van der Waals surface area contributed by atoms with Crippen LogP contribution in [-0.4, -0.2) is 16.8 Å². The van der Waals surface area contributed by atoms with E-state index in [0.717, 1.165) is 10.7 Å². The molecule has 1 aromatic rings. The van der Waals surface area contributed by atoms with Gasteiger partial charge in [-0.25, -0.2) is 0 Å². The number of rotatable bonds is 3. The Hall–Kier alpha value is -2.10. The highest BCUT2D eigenvalue weighted by atomic mass is 16.2. The van der Waals surface area contributed by atoms with Crippen molar-refractivity contribution in [1.29, 1.82) is 0 Å². The number of imide groups is 1. The summed E-state index contributed by atoms with van der Waals surface area (Å²) in [7, 11) is 0. The van der Waals surface area contributed by atoms with Crippen LogP contribution in [0.2, 0.25) is 0 Å². The number of nitrogens with zero attached hydrogens (tertiary/aromatic N) is 1. The standard InChI is InChI=1S/C14H16N2O2/c1-9(2)8-10(3)15-16-13(17)11-6-4-5-7-12(11)14(16)18/h4-9,15H,1-3H3. The second-order valence-electron chi connectivity index (χ2n) is 4.70. The van der Waals surface area contributed by atoms with Crippen LogP contribution in [0.25, 0.3) is 0 Å². The zero-order valence-electron chi connectivity index (χ0n) is 10.7. The van der Waals surface area contributed by atoms with Gasteiger partial charge in [-0.15, -0.1) is 0 Å². The number of allylic oxidation sites excluding steroid dienone is 2. The van der Waals surface area contributed by atoms with Crippen LogP contribution in [0.5, 0.6) is 0 Å². The minimum atomic E-state index is -0.299. The molecule has 94 valence electrons. The summed E-state index contributed by atoms with van der Waals surface area (Å²) in [6, 6.07) is 6.84. The molecule has 1 N–H and O–H groups in total. The first-order chi connectivity index (χ1) is 8.50. The second-order valence-corrected chi connectivity index (χ2v) is 4.70. The minimum absolute atomic E-state index is 0.299. The minimum Gasteiger partial charge on any atom is -0.293 e. The number of carbonyl (C=O) groups is 2. The van der Waals surface area contributed by atoms with Crippen molar-refractivity contribution in [3.8, 4) is 0 Å². The quantitative estimate of drug-likeness (QED) is 0.830. The number of amides is 2. The van der Waals surface area contributed by atoms with Gasteiger partial charge in [-0.3, -0.25) is 15.0 Å². The van der Waals surface area contributed by atoms with E-state index in [1.807, 2.05) is 26.8 Å². The fraction of sp³-hybridized carbons (Fsp3) is 0.286. The Balaban J connectivity index is 2.24. The van der Waals surface area contributed by atoms with E-state index in [1.165, 1.54) is 0 Å². The van der Waals surface area contributed by atoms with Gasteiger partial charge in [0.2, 0.25) is 0 Å². The lowest BCUT2D eigenvalue weighted by Crippen LogP contribution is -2.41. The summed E-state index contributed by atoms with van der Waals surface area (Å²) in [4.78, 5) is 24.1. The van der Waals surface area contributed by atoms with Crippen molar-refractivity contribution < 1.29 is 9.59 Å². The molecule has 0 radical (unpaired) electrons. The van der Waals surface area contributed by atoms with Gasteiger partial charge in [0, 0.05) is 5.70 Å². The Kier molecular flexibility index (Phi) is 3.19. The van der Waals surface area contributed by atoms with Crippen molar-refractivity contribution in [3.63, 3.8) is 0 Å². The second kappa shape index (κ2) is 4.64. The summed E-state index contributed by atoms with van der Waals surface area (Å²) in [6.07, 6.45) is 1.96. The van der Waals surface area contributed by atoms with Crippen molar-refractivity contribution in [3.05, 3.63) is 47.2 Å². The molecule has 0 aliphatic carbocycles. The molecule has 0 aromatic heterocycles. The zero-order chi connectivity index (χ0) is 13.3. The van der Waals surface area contributed by atoms with E-state index in [0.29, 0.717) is 17.0 Å². The Morgan fingerprint density at radius 2 is 1.67 bits per heavy atom. The highest BCUT2D eigenvalue weighted by Gasteiger charge is 2.35. The molecular formula is C14H16N2O2. The molecule has 0 unspecified atom stereocenters. The van der Waals surface area contributed by atoms with Crippen LogP contribution in [-0.2, 0) is 0 Å². The third-order valence-corrected chi connectivity index (χ3v) is 2.67. The highest BCUT2D eigenvalue weighted by molar-refractivity contribution is 6.21. The first kappa shape index (κ1) is 12.4. The first-order valence-electron chi connectivity index (χ1n) is 5.93. The number of carbonyl (C=O) groups excluding carboxylic acids is 2. The lowest BCUT2D eigenvalue weighted by molar-refractivity contribution is 0.0590. The summed E-state index contributed by atoms with van der Waals surface area (Å²) < 4.78 is 0. The fourth-order valence-corrected chi connectivity index (χ4v) is 2.00. The Labute approximate surface area is 106 Å². The highest BCUT2D eigenvalue weighted by Crippen LogP contribution is 2.21. The number of benzene rings is 1. The number of hydrogen-bond donors (Lipinski definition) is 1. The topological polar surface area (TPSA) is 49.4 Å². The summed E-state index contributed by atoms with van der Waals surface area (Å²) in [5.74, 6) is -0.244. The molecule has 18 heavy (non-hydrogen) atoms. The molecule has 1 aliphatic rings. The third-order valence-electron chi connectivity index (χ3n) is 2.67. The average Bonchev–Trinajstić information content (AvgIpc) is 2.54. The largest absolute Gasteiger partial charge is 0.293 e. The van der Waals surface area contributed by atoms with Crippen molar-refractivity contribution in [2.24, 2.45) is 5.92 Å². The van der Waals surface area contributed by atoms with E-state index in [2.05, 4.69) is 5.43 Å². The van der Waals surface area contributed by atoms with Crippen molar-refractivity contribution in [2.45, 2.75) is 20.8 Å². The van der Waals surface area contributed by atoms with E-state index in [-0.39, 0.29) is 11.8 Å². The molecule has 0 fully saturated rings. The van der Waals surface area contributed by atoms with Gasteiger partial charge < -0.3 is 0 Å². The SMILES string of the molecule is CC(=CC(C)C)NN1C(=O)c2ccccc2C1=O. The van der Waals surface area contributed by atoms with Crippen LogP contribution in [0.3, 0.4) is 0 Å². The summed E-state index contributed by atoms with van der Waals surface area (Å²) in [5, 5.41) is 1.07. The number of fused-ring (bicyclic) bond motifs is 1. The van der Waals surface area contributed by atoms with E-state index in [1.54, 1.807) is 24.3 Å². The summed E-state index contributed by atoms with van der Waals surface area (Å²) >= 11 is 0. The normalized spacial score (nSPS) is 15.3. The lowest BCUT2D eigenvalue weighted by atomic mass is 10.1. The van der Waals surface area contributed by atoms with E-state index < -0.39 is 0 Å². The molecule has 4 heteroatoms. The number of hydrazine groups is 1. The van der Waals surface area contributed by atoms with Gasteiger partial charge in [0.15, 0.2) is 0 Å². The maximum absolute atomic E-state index is 12.0. The van der Waals surface area contributed by atoms with Gasteiger partial charge in [-0.2, -0.15) is 5.01 Å². The molecular weight excluding hydrogens is 228 g/mol. The number of hydrogen-bond acceptors (Lipinski definition) is 3. The maximum Gasteiger partial charge on any atom is 0.280 e. The van der Waals surface area contributed by atoms with E-state index >= 15 is 0 Å². The first-order valence-corrected chi connectivity index (χ1v) is 5.93. The van der Waals surface area contributed by atoms with E-state index in [9.17, 15) is 9.59 Å². The van der Waals surface area contributed by atoms with Crippen LogP contribution >= 0.6 is 0 Å². The van der Waals surface area contributed by atoms with Crippen LogP contribution in [0.4, 0.5) is 0 Å². The molecule has 0 saturated heterocycles. The Bertz CT molecular complexity index is 497.